The number of hydrogen-bond donors (Lipinski definition) is 2. The van der Waals surface area contributed by atoms with Crippen LogP contribution in [-0.2, 0) is 13.2 Å². The topological polar surface area (TPSA) is 50.7 Å². The van der Waals surface area contributed by atoms with Gasteiger partial charge >= 0.3 is 0 Å². The van der Waals surface area contributed by atoms with E-state index in [0.717, 1.165) is 11.1 Å². The Balaban J connectivity index is 0.00000312. The van der Waals surface area contributed by atoms with E-state index in [-0.39, 0.29) is 12.4 Å². The van der Waals surface area contributed by atoms with E-state index >= 15 is 0 Å². The lowest BCUT2D eigenvalue weighted by molar-refractivity contribution is 0.190. The number of benzene rings is 2. The molecule has 0 bridgehead atoms. The standard InChI is InChI=1S/C18H21Cl2NO3.ClH/c1-12(22)9-21-10-13-4-3-5-17(23-2)18(13)24-11-14-6-7-15(19)8-16(14)20;/h3-8,12,21-22H,9-11H2,1-2H3;1H. The van der Waals surface area contributed by atoms with Crippen LogP contribution in [0.3, 0.4) is 0 Å². The third-order valence-electron chi connectivity index (χ3n) is 3.42. The Kier molecular flexibility index (Phi) is 9.39. The molecule has 0 heterocycles. The molecule has 0 amide bonds. The van der Waals surface area contributed by atoms with Crippen LogP contribution in [0.1, 0.15) is 18.1 Å². The quantitative estimate of drug-likeness (QED) is 0.679. The van der Waals surface area contributed by atoms with Crippen LogP contribution in [-0.4, -0.2) is 24.9 Å². The Morgan fingerprint density at radius 3 is 2.56 bits per heavy atom. The van der Waals surface area contributed by atoms with E-state index in [9.17, 15) is 5.11 Å². The molecule has 2 rings (SSSR count). The second kappa shape index (κ2) is 10.7. The van der Waals surface area contributed by atoms with E-state index in [0.29, 0.717) is 41.2 Å². The summed E-state index contributed by atoms with van der Waals surface area (Å²) in [7, 11) is 1.60. The lowest BCUT2D eigenvalue weighted by Gasteiger charge is -2.16. The summed E-state index contributed by atoms with van der Waals surface area (Å²) in [5.41, 5.74) is 1.79. The molecule has 1 atom stereocenters. The van der Waals surface area contributed by atoms with Gasteiger partial charge in [0, 0.05) is 34.3 Å². The molecule has 7 heteroatoms. The minimum atomic E-state index is -0.409. The van der Waals surface area contributed by atoms with Crippen molar-refractivity contribution in [3.63, 3.8) is 0 Å². The highest BCUT2D eigenvalue weighted by molar-refractivity contribution is 6.35. The number of para-hydroxylation sites is 1. The smallest absolute Gasteiger partial charge is 0.166 e. The minimum absolute atomic E-state index is 0. The molecule has 2 N–H and O–H groups in total. The Morgan fingerprint density at radius 2 is 1.92 bits per heavy atom. The fourth-order valence-corrected chi connectivity index (χ4v) is 2.69. The molecule has 0 spiro atoms. The van der Waals surface area contributed by atoms with Gasteiger partial charge in [-0.1, -0.05) is 41.4 Å². The molecule has 0 aliphatic carbocycles. The van der Waals surface area contributed by atoms with Crippen molar-refractivity contribution in [2.45, 2.75) is 26.2 Å². The van der Waals surface area contributed by atoms with Gasteiger partial charge in [-0.05, 0) is 25.1 Å². The zero-order valence-corrected chi connectivity index (χ0v) is 16.4. The van der Waals surface area contributed by atoms with Crippen LogP contribution in [0.4, 0.5) is 0 Å². The minimum Gasteiger partial charge on any atom is -0.493 e. The summed E-state index contributed by atoms with van der Waals surface area (Å²) in [4.78, 5) is 0. The lowest BCUT2D eigenvalue weighted by atomic mass is 10.1. The normalized spacial score (nSPS) is 11.6. The van der Waals surface area contributed by atoms with Crippen LogP contribution in [0.2, 0.25) is 10.0 Å². The van der Waals surface area contributed by atoms with Crippen LogP contribution in [0.25, 0.3) is 0 Å². The highest BCUT2D eigenvalue weighted by Gasteiger charge is 2.12. The predicted octanol–water partition coefficient (Wildman–Crippen LogP) is 4.47. The Bertz CT molecular complexity index is 681. The van der Waals surface area contributed by atoms with Gasteiger partial charge in [-0.15, -0.1) is 12.4 Å². The Morgan fingerprint density at radius 1 is 1.16 bits per heavy atom. The summed E-state index contributed by atoms with van der Waals surface area (Å²) in [5, 5.41) is 13.7. The molecule has 0 saturated heterocycles. The molecule has 0 aliphatic rings. The maximum absolute atomic E-state index is 9.36. The summed E-state index contributed by atoms with van der Waals surface area (Å²) >= 11 is 12.1. The van der Waals surface area contributed by atoms with Crippen molar-refractivity contribution in [1.29, 1.82) is 0 Å². The average molecular weight is 407 g/mol. The van der Waals surface area contributed by atoms with Gasteiger partial charge < -0.3 is 19.9 Å². The predicted molar refractivity (Wildman–Crippen MR) is 104 cm³/mol. The molecule has 0 radical (unpaired) electrons. The number of aliphatic hydroxyl groups excluding tert-OH is 1. The highest BCUT2D eigenvalue weighted by atomic mass is 35.5. The summed E-state index contributed by atoms with van der Waals surface area (Å²) in [5.74, 6) is 1.31. The summed E-state index contributed by atoms with van der Waals surface area (Å²) < 4.78 is 11.4. The van der Waals surface area contributed by atoms with Gasteiger partial charge in [0.05, 0.1) is 13.2 Å². The van der Waals surface area contributed by atoms with Crippen molar-refractivity contribution in [3.05, 3.63) is 57.6 Å². The van der Waals surface area contributed by atoms with Gasteiger partial charge in [0.2, 0.25) is 0 Å². The second-order valence-electron chi connectivity index (χ2n) is 5.45. The fraction of sp³-hybridized carbons (Fsp3) is 0.333. The van der Waals surface area contributed by atoms with Crippen molar-refractivity contribution < 1.29 is 14.6 Å². The van der Waals surface area contributed by atoms with E-state index < -0.39 is 6.10 Å². The number of methoxy groups -OCH3 is 1. The van der Waals surface area contributed by atoms with Gasteiger partial charge in [-0.25, -0.2) is 0 Å². The van der Waals surface area contributed by atoms with E-state index in [1.54, 1.807) is 26.2 Å². The first-order chi connectivity index (χ1) is 11.5. The maximum Gasteiger partial charge on any atom is 0.166 e. The molecule has 4 nitrogen and oxygen atoms in total. The monoisotopic (exact) mass is 405 g/mol. The van der Waals surface area contributed by atoms with Gasteiger partial charge in [-0.2, -0.15) is 0 Å². The number of ether oxygens (including phenoxy) is 2. The molecule has 0 aliphatic heterocycles. The third kappa shape index (κ3) is 6.57. The molecule has 138 valence electrons. The molecule has 2 aromatic carbocycles. The summed E-state index contributed by atoms with van der Waals surface area (Å²) in [6, 6.07) is 11.0. The third-order valence-corrected chi connectivity index (χ3v) is 4.01. The average Bonchev–Trinajstić information content (AvgIpc) is 2.54. The largest absolute Gasteiger partial charge is 0.493 e. The molecule has 2 aromatic rings. The number of rotatable bonds is 8. The Labute approximate surface area is 164 Å². The summed E-state index contributed by atoms with van der Waals surface area (Å²) in [6.07, 6.45) is -0.409. The molecular formula is C18H22Cl3NO3. The molecule has 25 heavy (non-hydrogen) atoms. The SMILES string of the molecule is COc1cccc(CNCC(C)O)c1OCc1ccc(Cl)cc1Cl.Cl. The molecule has 1 unspecified atom stereocenters. The van der Waals surface area contributed by atoms with E-state index in [1.165, 1.54) is 0 Å². The zero-order valence-electron chi connectivity index (χ0n) is 14.1. The van der Waals surface area contributed by atoms with Crippen LogP contribution < -0.4 is 14.8 Å². The van der Waals surface area contributed by atoms with Crippen LogP contribution in [0.15, 0.2) is 36.4 Å². The van der Waals surface area contributed by atoms with Gasteiger partial charge in [0.25, 0.3) is 0 Å². The first kappa shape index (κ1) is 21.9. The molecule has 0 aromatic heterocycles. The van der Waals surface area contributed by atoms with Crippen molar-refractivity contribution in [3.8, 4) is 11.5 Å². The van der Waals surface area contributed by atoms with E-state index in [2.05, 4.69) is 5.32 Å². The van der Waals surface area contributed by atoms with Gasteiger partial charge in [0.1, 0.15) is 6.61 Å². The van der Waals surface area contributed by atoms with E-state index in [1.807, 2.05) is 24.3 Å². The maximum atomic E-state index is 9.36. The summed E-state index contributed by atoms with van der Waals surface area (Å²) in [6.45, 7) is 3.10. The van der Waals surface area contributed by atoms with Crippen LogP contribution >= 0.6 is 35.6 Å². The zero-order chi connectivity index (χ0) is 17.5. The van der Waals surface area contributed by atoms with Crippen molar-refractivity contribution >= 4 is 35.6 Å². The van der Waals surface area contributed by atoms with Crippen molar-refractivity contribution in [1.82, 2.24) is 5.32 Å². The number of nitrogens with one attached hydrogen (secondary N) is 1. The molecule has 0 fully saturated rings. The van der Waals surface area contributed by atoms with Crippen LogP contribution in [0, 0.1) is 0 Å². The number of halogens is 3. The highest BCUT2D eigenvalue weighted by Crippen LogP contribution is 2.32. The second-order valence-corrected chi connectivity index (χ2v) is 6.30. The van der Waals surface area contributed by atoms with Crippen molar-refractivity contribution in [2.24, 2.45) is 0 Å². The fourth-order valence-electron chi connectivity index (χ4n) is 2.23. The Hall–Kier alpha value is -1.17. The van der Waals surface area contributed by atoms with Gasteiger partial charge in [-0.3, -0.25) is 0 Å². The van der Waals surface area contributed by atoms with Crippen molar-refractivity contribution in [2.75, 3.05) is 13.7 Å². The lowest BCUT2D eigenvalue weighted by Crippen LogP contribution is -2.24. The van der Waals surface area contributed by atoms with E-state index in [4.69, 9.17) is 32.7 Å². The van der Waals surface area contributed by atoms with Crippen LogP contribution in [0.5, 0.6) is 11.5 Å². The first-order valence-electron chi connectivity index (χ1n) is 7.62. The van der Waals surface area contributed by atoms with Gasteiger partial charge in [0.15, 0.2) is 11.5 Å². The molecular weight excluding hydrogens is 385 g/mol. The number of hydrogen-bond acceptors (Lipinski definition) is 4. The first-order valence-corrected chi connectivity index (χ1v) is 8.38. The number of aliphatic hydroxyl groups is 1. The molecule has 0 saturated carbocycles.